The highest BCUT2D eigenvalue weighted by Gasteiger charge is 2.26. The van der Waals surface area contributed by atoms with Gasteiger partial charge in [0.1, 0.15) is 5.82 Å². The van der Waals surface area contributed by atoms with Crippen molar-refractivity contribution >= 4 is 11.6 Å². The normalized spacial score (nSPS) is 17.9. The molecule has 26 heavy (non-hydrogen) atoms. The number of rotatable bonds is 4. The SMILES string of the molecule is Cc1cc(C)c(NC(=O)[C@@H]2CCCN(Cc3ccc(F)cc3)C2)c(C)c1. The Kier molecular flexibility index (Phi) is 5.72. The highest BCUT2D eigenvalue weighted by molar-refractivity contribution is 5.94. The first-order chi connectivity index (χ1) is 12.4. The van der Waals surface area contributed by atoms with Crippen LogP contribution in [0.2, 0.25) is 0 Å². The zero-order valence-corrected chi connectivity index (χ0v) is 15.8. The molecule has 3 rings (SSSR count). The highest BCUT2D eigenvalue weighted by Crippen LogP contribution is 2.25. The quantitative estimate of drug-likeness (QED) is 0.870. The Morgan fingerprint density at radius 1 is 1.15 bits per heavy atom. The van der Waals surface area contributed by atoms with Crippen LogP contribution in [-0.2, 0) is 11.3 Å². The topological polar surface area (TPSA) is 32.3 Å². The summed E-state index contributed by atoms with van der Waals surface area (Å²) in [5, 5.41) is 3.15. The summed E-state index contributed by atoms with van der Waals surface area (Å²) in [4.78, 5) is 15.1. The summed E-state index contributed by atoms with van der Waals surface area (Å²) in [7, 11) is 0. The Balaban J connectivity index is 1.64. The van der Waals surface area contributed by atoms with Gasteiger partial charge in [0.15, 0.2) is 0 Å². The lowest BCUT2D eigenvalue weighted by molar-refractivity contribution is -0.121. The standard InChI is InChI=1S/C22H27FN2O/c1-15-11-16(2)21(17(3)12-15)24-22(26)19-5-4-10-25(14-19)13-18-6-8-20(23)9-7-18/h6-9,11-12,19H,4-5,10,13-14H2,1-3H3,(H,24,26)/t19-/m1/s1. The molecule has 0 unspecified atom stereocenters. The molecule has 2 aromatic carbocycles. The van der Waals surface area contributed by atoms with Crippen molar-refractivity contribution in [3.63, 3.8) is 0 Å². The molecule has 1 N–H and O–H groups in total. The van der Waals surface area contributed by atoms with Gasteiger partial charge in [-0.15, -0.1) is 0 Å². The van der Waals surface area contributed by atoms with Crippen LogP contribution in [0.3, 0.4) is 0 Å². The van der Waals surface area contributed by atoms with Crippen LogP contribution in [0, 0.1) is 32.5 Å². The van der Waals surface area contributed by atoms with E-state index in [-0.39, 0.29) is 17.6 Å². The summed E-state index contributed by atoms with van der Waals surface area (Å²) in [5.74, 6) is -0.123. The van der Waals surface area contributed by atoms with E-state index in [1.165, 1.54) is 17.7 Å². The summed E-state index contributed by atoms with van der Waals surface area (Å²) in [6.07, 6.45) is 1.92. The molecular weight excluding hydrogens is 327 g/mol. The van der Waals surface area contributed by atoms with E-state index < -0.39 is 0 Å². The van der Waals surface area contributed by atoms with Crippen molar-refractivity contribution < 1.29 is 9.18 Å². The Hall–Kier alpha value is -2.20. The average molecular weight is 354 g/mol. The number of likely N-dealkylation sites (tertiary alicyclic amines) is 1. The minimum atomic E-state index is -0.214. The minimum Gasteiger partial charge on any atom is -0.325 e. The van der Waals surface area contributed by atoms with Crippen molar-refractivity contribution in [3.05, 3.63) is 64.5 Å². The van der Waals surface area contributed by atoms with Gasteiger partial charge in [-0.3, -0.25) is 9.69 Å². The number of amides is 1. The molecule has 0 spiro atoms. The Bertz CT molecular complexity index is 762. The lowest BCUT2D eigenvalue weighted by Crippen LogP contribution is -2.40. The predicted octanol–water partition coefficient (Wildman–Crippen LogP) is 4.60. The van der Waals surface area contributed by atoms with Gasteiger partial charge in [-0.1, -0.05) is 29.8 Å². The van der Waals surface area contributed by atoms with E-state index in [4.69, 9.17) is 0 Å². The average Bonchev–Trinajstić information content (AvgIpc) is 2.60. The van der Waals surface area contributed by atoms with Gasteiger partial charge in [0.2, 0.25) is 5.91 Å². The number of hydrogen-bond donors (Lipinski definition) is 1. The molecule has 138 valence electrons. The lowest BCUT2D eigenvalue weighted by Gasteiger charge is -2.32. The summed E-state index contributed by atoms with van der Waals surface area (Å²) in [6.45, 7) is 8.62. The number of carbonyl (C=O) groups is 1. The third-order valence-electron chi connectivity index (χ3n) is 5.12. The smallest absolute Gasteiger partial charge is 0.228 e. The lowest BCUT2D eigenvalue weighted by atomic mass is 9.96. The van der Waals surface area contributed by atoms with Gasteiger partial charge in [0.05, 0.1) is 5.92 Å². The van der Waals surface area contributed by atoms with Crippen molar-refractivity contribution in [2.45, 2.75) is 40.2 Å². The molecule has 0 radical (unpaired) electrons. The van der Waals surface area contributed by atoms with Crippen molar-refractivity contribution in [1.82, 2.24) is 4.90 Å². The first kappa shape index (κ1) is 18.6. The fraction of sp³-hybridized carbons (Fsp3) is 0.409. The molecule has 1 amide bonds. The summed E-state index contributed by atoms with van der Waals surface area (Å²) >= 11 is 0. The minimum absolute atomic E-state index is 0.00991. The molecule has 4 heteroatoms. The molecule has 3 nitrogen and oxygen atoms in total. The molecule has 1 fully saturated rings. The van der Waals surface area contributed by atoms with E-state index in [1.807, 2.05) is 26.0 Å². The maximum absolute atomic E-state index is 13.1. The summed E-state index contributed by atoms with van der Waals surface area (Å²) in [5.41, 5.74) is 5.44. The third-order valence-corrected chi connectivity index (χ3v) is 5.12. The maximum Gasteiger partial charge on any atom is 0.228 e. The molecule has 0 bridgehead atoms. The molecule has 0 aliphatic carbocycles. The monoisotopic (exact) mass is 354 g/mol. The number of carbonyl (C=O) groups excluding carboxylic acids is 1. The first-order valence-electron chi connectivity index (χ1n) is 9.28. The zero-order chi connectivity index (χ0) is 18.7. The van der Waals surface area contributed by atoms with Crippen molar-refractivity contribution in [2.24, 2.45) is 5.92 Å². The third kappa shape index (κ3) is 4.50. The Morgan fingerprint density at radius 2 is 1.81 bits per heavy atom. The van der Waals surface area contributed by atoms with Gasteiger partial charge in [0, 0.05) is 18.8 Å². The van der Waals surface area contributed by atoms with E-state index in [2.05, 4.69) is 29.3 Å². The second kappa shape index (κ2) is 8.00. The molecular formula is C22H27FN2O. The van der Waals surface area contributed by atoms with E-state index in [9.17, 15) is 9.18 Å². The number of aryl methyl sites for hydroxylation is 3. The van der Waals surface area contributed by atoms with Gasteiger partial charge < -0.3 is 5.32 Å². The number of nitrogens with one attached hydrogen (secondary N) is 1. The maximum atomic E-state index is 13.1. The number of anilines is 1. The van der Waals surface area contributed by atoms with Crippen molar-refractivity contribution in [3.8, 4) is 0 Å². The first-order valence-corrected chi connectivity index (χ1v) is 9.28. The number of benzene rings is 2. The number of piperidine rings is 1. The molecule has 0 aromatic heterocycles. The van der Waals surface area contributed by atoms with E-state index in [1.54, 1.807) is 0 Å². The molecule has 1 atom stereocenters. The van der Waals surface area contributed by atoms with Crippen LogP contribution < -0.4 is 5.32 Å². The van der Waals surface area contributed by atoms with Gasteiger partial charge in [-0.2, -0.15) is 0 Å². The van der Waals surface area contributed by atoms with E-state index in [0.717, 1.165) is 54.9 Å². The zero-order valence-electron chi connectivity index (χ0n) is 15.8. The van der Waals surface area contributed by atoms with Gasteiger partial charge in [-0.05, 0) is 69.0 Å². The van der Waals surface area contributed by atoms with Gasteiger partial charge in [-0.25, -0.2) is 4.39 Å². The predicted molar refractivity (Wildman–Crippen MR) is 104 cm³/mol. The molecule has 1 aliphatic heterocycles. The summed E-state index contributed by atoms with van der Waals surface area (Å²) < 4.78 is 13.1. The highest BCUT2D eigenvalue weighted by atomic mass is 19.1. The largest absolute Gasteiger partial charge is 0.325 e. The van der Waals surface area contributed by atoms with E-state index >= 15 is 0 Å². The molecule has 2 aromatic rings. The van der Waals surface area contributed by atoms with Crippen molar-refractivity contribution in [1.29, 1.82) is 0 Å². The second-order valence-electron chi connectivity index (χ2n) is 7.46. The van der Waals surface area contributed by atoms with E-state index in [0.29, 0.717) is 0 Å². The molecule has 1 heterocycles. The van der Waals surface area contributed by atoms with Gasteiger partial charge >= 0.3 is 0 Å². The van der Waals surface area contributed by atoms with Crippen LogP contribution in [0.4, 0.5) is 10.1 Å². The van der Waals surface area contributed by atoms with Crippen LogP contribution in [-0.4, -0.2) is 23.9 Å². The van der Waals surface area contributed by atoms with Crippen LogP contribution in [0.15, 0.2) is 36.4 Å². The number of hydrogen-bond acceptors (Lipinski definition) is 2. The Morgan fingerprint density at radius 3 is 2.46 bits per heavy atom. The van der Waals surface area contributed by atoms with Crippen LogP contribution >= 0.6 is 0 Å². The summed E-state index contributed by atoms with van der Waals surface area (Å²) in [6, 6.07) is 10.8. The fourth-order valence-corrected chi connectivity index (χ4v) is 3.86. The second-order valence-corrected chi connectivity index (χ2v) is 7.46. The van der Waals surface area contributed by atoms with Crippen LogP contribution in [0.5, 0.6) is 0 Å². The van der Waals surface area contributed by atoms with Gasteiger partial charge in [0.25, 0.3) is 0 Å². The molecule has 0 saturated carbocycles. The molecule has 1 saturated heterocycles. The van der Waals surface area contributed by atoms with Crippen LogP contribution in [0.1, 0.15) is 35.1 Å². The number of halogens is 1. The molecule has 1 aliphatic rings. The fourth-order valence-electron chi connectivity index (χ4n) is 3.86. The van der Waals surface area contributed by atoms with Crippen molar-refractivity contribution in [2.75, 3.05) is 18.4 Å². The van der Waals surface area contributed by atoms with Crippen LogP contribution in [0.25, 0.3) is 0 Å². The Labute approximate surface area is 155 Å². The number of nitrogens with zero attached hydrogens (tertiary/aromatic N) is 1.